The van der Waals surface area contributed by atoms with Crippen LogP contribution in [0.1, 0.15) is 75.6 Å². The lowest BCUT2D eigenvalue weighted by Gasteiger charge is -2.45. The summed E-state index contributed by atoms with van der Waals surface area (Å²) in [6.45, 7) is 2.86. The number of rotatable bonds is 2. The molecule has 0 bridgehead atoms. The zero-order valence-electron chi connectivity index (χ0n) is 19.3. The standard InChI is InChI=1S/C26H27NO8/c1-10-21(29)16(27)7-17(35-10)14-8-26(34,11(2)28)9-15-18(14)25(33)20-19(24(15)32)22(30)12-5-3-4-6-13(12)23(20)31/h3-6,10,14,16-17,21,29,32-34H,7-9,27H2,1-2H3/t10?,14?,16?,17?,21?,26-/m1/s1. The van der Waals surface area contributed by atoms with Gasteiger partial charge in [-0.15, -0.1) is 0 Å². The van der Waals surface area contributed by atoms with E-state index in [0.29, 0.717) is 0 Å². The average Bonchev–Trinajstić information content (AvgIpc) is 2.82. The number of benzene rings is 2. The van der Waals surface area contributed by atoms with E-state index < -0.39 is 64.7 Å². The van der Waals surface area contributed by atoms with Gasteiger partial charge in [0.1, 0.15) is 17.1 Å². The Labute approximate surface area is 201 Å². The first kappa shape index (κ1) is 23.6. The zero-order valence-corrected chi connectivity index (χ0v) is 19.3. The average molecular weight is 482 g/mol. The van der Waals surface area contributed by atoms with Gasteiger partial charge in [0.2, 0.25) is 0 Å². The van der Waals surface area contributed by atoms with Gasteiger partial charge >= 0.3 is 0 Å². The van der Waals surface area contributed by atoms with E-state index in [-0.39, 0.29) is 52.6 Å². The number of Topliss-reactive ketones (excluding diaryl/α,β-unsaturated/α-hetero) is 1. The van der Waals surface area contributed by atoms with Crippen LogP contribution >= 0.6 is 0 Å². The molecule has 1 saturated heterocycles. The van der Waals surface area contributed by atoms with E-state index in [0.717, 1.165) is 0 Å². The molecule has 5 unspecified atom stereocenters. The summed E-state index contributed by atoms with van der Waals surface area (Å²) < 4.78 is 5.98. The maximum absolute atomic E-state index is 13.4. The van der Waals surface area contributed by atoms with E-state index in [1.165, 1.54) is 19.1 Å². The molecule has 184 valence electrons. The lowest BCUT2D eigenvalue weighted by molar-refractivity contribution is -0.146. The highest BCUT2D eigenvalue weighted by molar-refractivity contribution is 6.30. The molecule has 0 spiro atoms. The predicted octanol–water partition coefficient (Wildman–Crippen LogP) is 1.09. The van der Waals surface area contributed by atoms with Crippen LogP contribution in [0.25, 0.3) is 0 Å². The molecule has 1 fully saturated rings. The fraction of sp³-hybridized carbons (Fsp3) is 0.423. The molecule has 9 nitrogen and oxygen atoms in total. The van der Waals surface area contributed by atoms with Crippen molar-refractivity contribution < 1.29 is 39.5 Å². The molecule has 6 atom stereocenters. The first-order valence-electron chi connectivity index (χ1n) is 11.6. The first-order chi connectivity index (χ1) is 16.5. The van der Waals surface area contributed by atoms with Gasteiger partial charge in [-0.1, -0.05) is 24.3 Å². The van der Waals surface area contributed by atoms with Crippen molar-refractivity contribution in [2.45, 2.75) is 69.0 Å². The monoisotopic (exact) mass is 481 g/mol. The number of carbonyl (C=O) groups is 3. The molecule has 9 heteroatoms. The van der Waals surface area contributed by atoms with Crippen LogP contribution in [-0.4, -0.2) is 67.7 Å². The third kappa shape index (κ3) is 3.34. The number of hydrogen-bond donors (Lipinski definition) is 5. The SMILES string of the molecule is CC(=O)[C@]1(O)Cc2c(O)c3c(c(O)c2C(C2CC(N)C(O)C(C)O2)C1)C(=O)c1ccccc1C3=O. The van der Waals surface area contributed by atoms with Crippen LogP contribution in [0, 0.1) is 0 Å². The molecule has 0 amide bonds. The second-order valence-corrected chi connectivity index (χ2v) is 9.89. The van der Waals surface area contributed by atoms with Gasteiger partial charge in [0.25, 0.3) is 0 Å². The van der Waals surface area contributed by atoms with Crippen LogP contribution in [0.5, 0.6) is 11.5 Å². The number of aromatic hydroxyl groups is 2. The summed E-state index contributed by atoms with van der Waals surface area (Å²) >= 11 is 0. The molecule has 0 aromatic heterocycles. The van der Waals surface area contributed by atoms with Crippen LogP contribution in [0.3, 0.4) is 0 Å². The van der Waals surface area contributed by atoms with Crippen molar-refractivity contribution in [1.29, 1.82) is 0 Å². The summed E-state index contributed by atoms with van der Waals surface area (Å²) in [4.78, 5) is 39.1. The third-order valence-electron chi connectivity index (χ3n) is 7.78. The first-order valence-corrected chi connectivity index (χ1v) is 11.6. The number of hydrogen-bond acceptors (Lipinski definition) is 9. The second-order valence-electron chi connectivity index (χ2n) is 9.89. The van der Waals surface area contributed by atoms with E-state index in [1.807, 2.05) is 0 Å². The Bertz CT molecular complexity index is 1270. The van der Waals surface area contributed by atoms with E-state index in [2.05, 4.69) is 0 Å². The van der Waals surface area contributed by atoms with Crippen LogP contribution < -0.4 is 5.73 Å². The summed E-state index contributed by atoms with van der Waals surface area (Å²) in [6.07, 6.45) is -2.68. The van der Waals surface area contributed by atoms with Gasteiger partial charge in [0.05, 0.1) is 29.4 Å². The second kappa shape index (κ2) is 7.96. The molecule has 6 N–H and O–H groups in total. The Morgan fingerprint density at radius 2 is 1.66 bits per heavy atom. The highest BCUT2D eigenvalue weighted by Crippen LogP contribution is 2.53. The largest absolute Gasteiger partial charge is 0.507 e. The minimum atomic E-state index is -1.90. The van der Waals surface area contributed by atoms with Crippen LogP contribution in [-0.2, 0) is 16.0 Å². The third-order valence-corrected chi connectivity index (χ3v) is 7.78. The fourth-order valence-corrected chi connectivity index (χ4v) is 5.80. The molecule has 35 heavy (non-hydrogen) atoms. The van der Waals surface area contributed by atoms with E-state index in [4.69, 9.17) is 10.5 Å². The molecule has 2 aliphatic carbocycles. The molecule has 2 aromatic rings. The quantitative estimate of drug-likeness (QED) is 0.337. The highest BCUT2D eigenvalue weighted by atomic mass is 16.5. The van der Waals surface area contributed by atoms with Gasteiger partial charge in [0, 0.05) is 40.6 Å². The number of aliphatic hydroxyl groups is 2. The van der Waals surface area contributed by atoms with Crippen molar-refractivity contribution in [2.24, 2.45) is 5.73 Å². The molecule has 1 aliphatic heterocycles. The van der Waals surface area contributed by atoms with Crippen LogP contribution in [0.15, 0.2) is 24.3 Å². The molecular weight excluding hydrogens is 454 g/mol. The summed E-state index contributed by atoms with van der Waals surface area (Å²) in [5, 5.41) is 44.2. The molecule has 0 saturated carbocycles. The molecule has 3 aliphatic rings. The number of fused-ring (bicyclic) bond motifs is 3. The van der Waals surface area contributed by atoms with Gasteiger partial charge < -0.3 is 30.9 Å². The number of aliphatic hydroxyl groups excluding tert-OH is 1. The highest BCUT2D eigenvalue weighted by Gasteiger charge is 2.51. The number of ketones is 3. The number of carbonyl (C=O) groups excluding carboxylic acids is 3. The summed E-state index contributed by atoms with van der Waals surface area (Å²) in [5.74, 6) is -3.66. The lowest BCUT2D eigenvalue weighted by atomic mass is 9.66. The van der Waals surface area contributed by atoms with Gasteiger partial charge in [-0.05, 0) is 26.7 Å². The van der Waals surface area contributed by atoms with E-state index in [1.54, 1.807) is 19.1 Å². The normalized spacial score (nSPS) is 32.0. The molecule has 0 radical (unpaired) electrons. The van der Waals surface area contributed by atoms with Crippen molar-refractivity contribution in [3.63, 3.8) is 0 Å². The number of phenolic OH excluding ortho intramolecular Hbond substituents is 2. The minimum absolute atomic E-state index is 0.0201. The maximum Gasteiger partial charge on any atom is 0.198 e. The predicted molar refractivity (Wildman–Crippen MR) is 123 cm³/mol. The fourth-order valence-electron chi connectivity index (χ4n) is 5.80. The number of ether oxygens (including phenoxy) is 1. The van der Waals surface area contributed by atoms with Crippen molar-refractivity contribution in [2.75, 3.05) is 0 Å². The molecule has 1 heterocycles. The van der Waals surface area contributed by atoms with Crippen molar-refractivity contribution in [1.82, 2.24) is 0 Å². The Morgan fingerprint density at radius 3 is 2.20 bits per heavy atom. The Kier molecular flexibility index (Phi) is 5.37. The molecular formula is C26H27NO8. The Hall–Kier alpha value is -3.11. The van der Waals surface area contributed by atoms with E-state index in [9.17, 15) is 34.8 Å². The van der Waals surface area contributed by atoms with Crippen LogP contribution in [0.4, 0.5) is 0 Å². The van der Waals surface area contributed by atoms with Crippen molar-refractivity contribution >= 4 is 17.3 Å². The van der Waals surface area contributed by atoms with Crippen LogP contribution in [0.2, 0.25) is 0 Å². The zero-order chi connectivity index (χ0) is 25.4. The number of nitrogens with two attached hydrogens (primary N) is 1. The Morgan fingerprint density at radius 1 is 1.09 bits per heavy atom. The smallest absolute Gasteiger partial charge is 0.198 e. The summed E-state index contributed by atoms with van der Waals surface area (Å²) in [5.41, 5.74) is 3.93. The number of phenols is 2. The minimum Gasteiger partial charge on any atom is -0.507 e. The molecule has 2 aromatic carbocycles. The van der Waals surface area contributed by atoms with Crippen molar-refractivity contribution in [3.8, 4) is 11.5 Å². The van der Waals surface area contributed by atoms with Gasteiger partial charge in [0.15, 0.2) is 17.3 Å². The van der Waals surface area contributed by atoms with E-state index >= 15 is 0 Å². The van der Waals surface area contributed by atoms with Gasteiger partial charge in [-0.3, -0.25) is 14.4 Å². The maximum atomic E-state index is 13.4. The Balaban J connectivity index is 1.75. The summed E-state index contributed by atoms with van der Waals surface area (Å²) in [7, 11) is 0. The van der Waals surface area contributed by atoms with Gasteiger partial charge in [-0.2, -0.15) is 0 Å². The molecule has 5 rings (SSSR count). The topological polar surface area (TPSA) is 167 Å². The summed E-state index contributed by atoms with van der Waals surface area (Å²) in [6, 6.07) is 5.47. The lowest BCUT2D eigenvalue weighted by Crippen LogP contribution is -2.54. The van der Waals surface area contributed by atoms with Crippen molar-refractivity contribution in [3.05, 3.63) is 57.6 Å². The van der Waals surface area contributed by atoms with Gasteiger partial charge in [-0.25, -0.2) is 0 Å².